The number of primary amides is 1. The summed E-state index contributed by atoms with van der Waals surface area (Å²) in [7, 11) is 0. The molecule has 0 aliphatic rings. The van der Waals surface area contributed by atoms with Gasteiger partial charge in [0, 0.05) is 59.8 Å². The van der Waals surface area contributed by atoms with Crippen molar-refractivity contribution in [2.45, 2.75) is 107 Å². The Bertz CT molecular complexity index is 3390. The third kappa shape index (κ3) is 18.0. The van der Waals surface area contributed by atoms with Crippen molar-refractivity contribution in [3.63, 3.8) is 0 Å². The first-order valence-corrected chi connectivity index (χ1v) is 29.9. The number of unbranched alkanes of at least 4 members (excludes halogenated alkanes) is 1. The number of rotatable bonds is 31. The number of hydrogen-bond donors (Lipinski definition) is 13. The summed E-state index contributed by atoms with van der Waals surface area (Å²) in [4.78, 5) is 121. The molecular weight excluding hydrogens is 1130 g/mol. The summed E-state index contributed by atoms with van der Waals surface area (Å²) in [6, 6.07) is 32.4. The van der Waals surface area contributed by atoms with E-state index in [1.807, 2.05) is 103 Å². The molecule has 0 aliphatic carbocycles. The fraction of sp³-hybridized carbons (Fsp3) is 0.328. The predicted octanol–water partition coefficient (Wildman–Crippen LogP) is 3.43. The number of carbonyl (C=O) groups excluding carboxylic acids is 8. The molecule has 8 amide bonds. The normalized spacial score (nSPS) is 14.1. The van der Waals surface area contributed by atoms with Gasteiger partial charge < -0.3 is 59.4 Å². The highest BCUT2D eigenvalue weighted by Gasteiger charge is 2.37. The Morgan fingerprint density at radius 1 is 0.523 bits per heavy atom. The van der Waals surface area contributed by atoms with Gasteiger partial charge in [-0.3, -0.25) is 43.3 Å². The van der Waals surface area contributed by atoms with Crippen LogP contribution in [0.5, 0.6) is 0 Å². The van der Waals surface area contributed by atoms with Crippen LogP contribution in [0.15, 0.2) is 158 Å². The summed E-state index contributed by atoms with van der Waals surface area (Å²) in [6.07, 6.45) is 5.71. The van der Waals surface area contributed by atoms with Gasteiger partial charge in [-0.05, 0) is 88.9 Å². The standard InChI is InChI=1S/C64H76N12O8S2/c1-38(2)55(64(84)74-53(37-86)63(83)76-56(57(67)77)54(42-18-5-3-6-19-42)43-20-7-4-8-21-43)75-59(79)49(25-13-14-28-65)70-61(81)51(33-45-35-69-48-24-12-11-23-46(45)48)72-60(80)50(32-40-16-15-29-68-34-40)71-62(82)52(36-85)73-58(78)47(66)31-39-26-27-41-17-9-10-22-44(41)30-39/h3-12,15-24,26-27,29-30,34-35,38,47,49-56,69,85-86H,13-14,25,28,31-33,36-37,65-66H2,1-2H3,(H2,67,77)(H,70,81)(H,71,82)(H,72,80)(H,73,78)(H,74,84)(H,75,79)(H,76,83)/t47-,49-,50-,51+,52+,53-,55-,56+/m0/s1. The molecule has 0 spiro atoms. The summed E-state index contributed by atoms with van der Waals surface area (Å²) >= 11 is 8.78. The zero-order valence-electron chi connectivity index (χ0n) is 48.0. The van der Waals surface area contributed by atoms with Gasteiger partial charge in [-0.25, -0.2) is 0 Å². The van der Waals surface area contributed by atoms with Gasteiger partial charge in [0.2, 0.25) is 47.3 Å². The number of carbonyl (C=O) groups is 8. The Kier molecular flexibility index (Phi) is 24.2. The Morgan fingerprint density at radius 2 is 1.06 bits per heavy atom. The maximum atomic E-state index is 14.9. The number of pyridine rings is 1. The first kappa shape index (κ1) is 65.0. The zero-order chi connectivity index (χ0) is 61.7. The van der Waals surface area contributed by atoms with Crippen LogP contribution in [0.3, 0.4) is 0 Å². The lowest BCUT2D eigenvalue weighted by atomic mass is 9.84. The van der Waals surface area contributed by atoms with Crippen molar-refractivity contribution >= 4 is 94.2 Å². The topological polar surface area (TPSA) is 328 Å². The SMILES string of the molecule is CC(C)[C@H](NC(=O)[C@H](CCCCN)NC(=O)[C@@H](Cc1c[nH]c2ccccc12)NC(=O)[C@H](Cc1cccnc1)NC(=O)[C@@H](CS)NC(=O)[C@@H](N)Cc1ccc2ccccc2c1)C(=O)N[C@@H](CS)C(=O)N[C@@H](C(N)=O)C(c1ccccc1)c1ccccc1. The molecule has 0 fully saturated rings. The van der Waals surface area contributed by atoms with Crippen LogP contribution in [-0.4, -0.2) is 124 Å². The molecule has 86 heavy (non-hydrogen) atoms. The van der Waals surface area contributed by atoms with Gasteiger partial charge in [-0.2, -0.15) is 25.3 Å². The van der Waals surface area contributed by atoms with Gasteiger partial charge in [-0.15, -0.1) is 0 Å². The molecule has 452 valence electrons. The fourth-order valence-corrected chi connectivity index (χ4v) is 10.7. The molecule has 5 aromatic carbocycles. The molecule has 7 rings (SSSR count). The average molecular weight is 1210 g/mol. The van der Waals surface area contributed by atoms with Crippen molar-refractivity contribution in [3.05, 3.63) is 186 Å². The monoisotopic (exact) mass is 1200 g/mol. The minimum Gasteiger partial charge on any atom is -0.368 e. The van der Waals surface area contributed by atoms with Gasteiger partial charge in [0.05, 0.1) is 6.04 Å². The molecular formula is C64H76N12O8S2. The molecule has 0 aliphatic heterocycles. The number of amides is 8. The molecule has 0 unspecified atom stereocenters. The Balaban J connectivity index is 1.09. The third-order valence-corrected chi connectivity index (χ3v) is 15.6. The molecule has 0 saturated carbocycles. The molecule has 0 bridgehead atoms. The van der Waals surface area contributed by atoms with E-state index in [9.17, 15) is 38.4 Å². The zero-order valence-corrected chi connectivity index (χ0v) is 49.8. The van der Waals surface area contributed by atoms with E-state index < -0.39 is 107 Å². The largest absolute Gasteiger partial charge is 0.368 e. The number of nitrogens with zero attached hydrogens (tertiary/aromatic N) is 1. The van der Waals surface area contributed by atoms with E-state index in [0.29, 0.717) is 35.1 Å². The van der Waals surface area contributed by atoms with Crippen LogP contribution in [0.25, 0.3) is 21.7 Å². The van der Waals surface area contributed by atoms with E-state index in [1.165, 1.54) is 6.20 Å². The van der Waals surface area contributed by atoms with Gasteiger partial charge in [0.1, 0.15) is 42.3 Å². The van der Waals surface area contributed by atoms with Crippen molar-refractivity contribution in [1.82, 2.24) is 47.2 Å². The number of thiol groups is 2. The van der Waals surface area contributed by atoms with Crippen LogP contribution in [0.2, 0.25) is 0 Å². The molecule has 2 heterocycles. The Labute approximate surface area is 511 Å². The van der Waals surface area contributed by atoms with Crippen LogP contribution < -0.4 is 54.4 Å². The number of nitrogens with one attached hydrogen (secondary N) is 8. The smallest absolute Gasteiger partial charge is 0.244 e. The lowest BCUT2D eigenvalue weighted by Crippen LogP contribution is -2.61. The number of benzene rings is 5. The Hall–Kier alpha value is -8.57. The molecule has 0 radical (unpaired) electrons. The van der Waals surface area contributed by atoms with Crippen molar-refractivity contribution in [3.8, 4) is 0 Å². The van der Waals surface area contributed by atoms with Crippen molar-refractivity contribution in [1.29, 1.82) is 0 Å². The number of aromatic nitrogens is 2. The predicted molar refractivity (Wildman–Crippen MR) is 338 cm³/mol. The highest BCUT2D eigenvalue weighted by atomic mass is 32.1. The summed E-state index contributed by atoms with van der Waals surface area (Å²) in [5, 5.41) is 22.2. The van der Waals surface area contributed by atoms with Gasteiger partial charge in [0.25, 0.3) is 0 Å². The lowest BCUT2D eigenvalue weighted by molar-refractivity contribution is -0.136. The summed E-state index contributed by atoms with van der Waals surface area (Å²) < 4.78 is 0. The van der Waals surface area contributed by atoms with E-state index in [0.717, 1.165) is 27.2 Å². The minimum absolute atomic E-state index is 0.0670. The lowest BCUT2D eigenvalue weighted by Gasteiger charge is -2.30. The molecule has 14 N–H and O–H groups in total. The van der Waals surface area contributed by atoms with E-state index in [-0.39, 0.29) is 43.7 Å². The maximum absolute atomic E-state index is 14.9. The summed E-state index contributed by atoms with van der Waals surface area (Å²) in [5.74, 6) is -7.57. The molecule has 22 heteroatoms. The molecule has 0 saturated heterocycles. The fourth-order valence-electron chi connectivity index (χ4n) is 10.2. The van der Waals surface area contributed by atoms with Crippen molar-refractivity contribution in [2.24, 2.45) is 23.1 Å². The highest BCUT2D eigenvalue weighted by molar-refractivity contribution is 7.80. The summed E-state index contributed by atoms with van der Waals surface area (Å²) in [5.41, 5.74) is 22.5. The van der Waals surface area contributed by atoms with Crippen LogP contribution >= 0.6 is 25.3 Å². The summed E-state index contributed by atoms with van der Waals surface area (Å²) in [6.45, 7) is 3.66. The van der Waals surface area contributed by atoms with Crippen LogP contribution in [0.1, 0.15) is 66.8 Å². The molecule has 2 aromatic heterocycles. The number of fused-ring (bicyclic) bond motifs is 2. The molecule has 20 nitrogen and oxygen atoms in total. The Morgan fingerprint density at radius 3 is 1.66 bits per heavy atom. The van der Waals surface area contributed by atoms with Crippen LogP contribution in [0.4, 0.5) is 0 Å². The first-order chi connectivity index (χ1) is 41.5. The van der Waals surface area contributed by atoms with Gasteiger partial charge in [0.15, 0.2) is 0 Å². The molecule has 8 atom stereocenters. The van der Waals surface area contributed by atoms with E-state index >= 15 is 0 Å². The third-order valence-electron chi connectivity index (χ3n) is 14.8. The second kappa shape index (κ2) is 32.1. The van der Waals surface area contributed by atoms with E-state index in [1.54, 1.807) is 62.6 Å². The number of nitrogens with two attached hydrogens (primary N) is 3. The van der Waals surface area contributed by atoms with Crippen molar-refractivity contribution < 1.29 is 38.4 Å². The number of H-pyrrole nitrogens is 1. The number of aromatic amines is 1. The van der Waals surface area contributed by atoms with E-state index in [2.05, 4.69) is 72.4 Å². The highest BCUT2D eigenvalue weighted by Crippen LogP contribution is 2.29. The van der Waals surface area contributed by atoms with Crippen LogP contribution in [-0.2, 0) is 57.6 Å². The number of para-hydroxylation sites is 1. The minimum atomic E-state index is -1.38. The average Bonchev–Trinajstić information content (AvgIpc) is 2.75. The number of hydrogen-bond acceptors (Lipinski definition) is 13. The maximum Gasteiger partial charge on any atom is 0.244 e. The van der Waals surface area contributed by atoms with Crippen LogP contribution in [0, 0.1) is 5.92 Å². The first-order valence-electron chi connectivity index (χ1n) is 28.6. The van der Waals surface area contributed by atoms with Crippen molar-refractivity contribution in [2.75, 3.05) is 18.1 Å². The quantitative estimate of drug-likeness (QED) is 0.0221. The van der Waals surface area contributed by atoms with E-state index in [4.69, 9.17) is 17.2 Å². The van der Waals surface area contributed by atoms with Gasteiger partial charge >= 0.3 is 0 Å². The second-order valence-electron chi connectivity index (χ2n) is 21.5. The van der Waals surface area contributed by atoms with Gasteiger partial charge in [-0.1, -0.05) is 141 Å². The molecule has 7 aromatic rings. The second-order valence-corrected chi connectivity index (χ2v) is 22.2.